The van der Waals surface area contributed by atoms with Crippen molar-refractivity contribution in [2.45, 2.75) is 59.5 Å². The minimum absolute atomic E-state index is 0.150. The number of anilines is 1. The summed E-state index contributed by atoms with van der Waals surface area (Å²) in [5, 5.41) is 13.2. The molecule has 0 fully saturated rings. The molecule has 0 saturated carbocycles. The first-order chi connectivity index (χ1) is 14.4. The van der Waals surface area contributed by atoms with E-state index in [9.17, 15) is 9.90 Å². The Balaban J connectivity index is 1.82. The van der Waals surface area contributed by atoms with E-state index in [-0.39, 0.29) is 21.8 Å². The molecule has 0 saturated heterocycles. The Morgan fingerprint density at radius 2 is 1.84 bits per heavy atom. The van der Waals surface area contributed by atoms with Crippen LogP contribution in [0, 0.1) is 20.8 Å². The summed E-state index contributed by atoms with van der Waals surface area (Å²) < 4.78 is 12.0. The summed E-state index contributed by atoms with van der Waals surface area (Å²) in [6.45, 7) is 9.30. The normalized spacial score (nSPS) is 17.5. The summed E-state index contributed by atoms with van der Waals surface area (Å²) >= 11 is 17.6. The van der Waals surface area contributed by atoms with E-state index >= 15 is 0 Å². The lowest BCUT2D eigenvalue weighted by molar-refractivity contribution is -0.132. The Bertz CT molecular complexity index is 1060. The third kappa shape index (κ3) is 4.92. The molecule has 1 aliphatic rings. The van der Waals surface area contributed by atoms with Crippen molar-refractivity contribution in [1.82, 2.24) is 0 Å². The topological polar surface area (TPSA) is 67.8 Å². The van der Waals surface area contributed by atoms with Gasteiger partial charge in [-0.2, -0.15) is 0 Å². The molecule has 0 amide bonds. The van der Waals surface area contributed by atoms with Crippen molar-refractivity contribution in [3.05, 3.63) is 44.4 Å². The molecule has 1 aliphatic heterocycles. The molecule has 2 aromatic rings. The first-order valence-corrected chi connectivity index (χ1v) is 11.1. The average molecular weight is 482 g/mol. The second-order valence-electron chi connectivity index (χ2n) is 8.17. The van der Waals surface area contributed by atoms with Gasteiger partial charge in [0.05, 0.1) is 15.0 Å². The lowest BCUT2D eigenvalue weighted by Crippen LogP contribution is -2.40. The van der Waals surface area contributed by atoms with Gasteiger partial charge >= 0.3 is 5.97 Å². The van der Waals surface area contributed by atoms with Crippen molar-refractivity contribution in [2.24, 2.45) is 0 Å². The van der Waals surface area contributed by atoms with Gasteiger partial charge in [-0.1, -0.05) is 35.4 Å². The molecule has 1 heterocycles. The van der Waals surface area contributed by atoms with Crippen molar-refractivity contribution < 1.29 is 19.4 Å². The first kappa shape index (κ1) is 23.6. The number of ether oxygens (including phenoxy) is 2. The molecular weight excluding hydrogens is 457 g/mol. The Kier molecular flexibility index (Phi) is 6.75. The highest BCUT2D eigenvalue weighted by atomic mass is 35.5. The van der Waals surface area contributed by atoms with E-state index in [1.807, 2.05) is 27.7 Å². The van der Waals surface area contributed by atoms with Crippen LogP contribution in [-0.4, -0.2) is 21.7 Å². The smallest absolute Gasteiger partial charge is 0.308 e. The number of aromatic hydroxyl groups is 1. The van der Waals surface area contributed by atoms with Crippen LogP contribution < -0.4 is 14.8 Å². The molecule has 1 unspecified atom stereocenters. The van der Waals surface area contributed by atoms with Crippen molar-refractivity contribution in [1.29, 1.82) is 0 Å². The Hall–Kier alpha value is -2.02. The van der Waals surface area contributed by atoms with Crippen LogP contribution in [0.25, 0.3) is 0 Å². The fourth-order valence-corrected chi connectivity index (χ4v) is 4.80. The highest BCUT2D eigenvalue weighted by Gasteiger charge is 2.36. The number of hydrogen-bond acceptors (Lipinski definition) is 5. The molecule has 2 aromatic carbocycles. The zero-order chi connectivity index (χ0) is 23.1. The van der Waals surface area contributed by atoms with Crippen molar-refractivity contribution >= 4 is 52.1 Å². The number of carbonyl (C=O) groups is 1. The molecule has 0 aromatic heterocycles. The summed E-state index contributed by atoms with van der Waals surface area (Å²) in [6.07, 6.45) is 2.02. The zero-order valence-electron chi connectivity index (χ0n) is 18.1. The maximum Gasteiger partial charge on any atom is 0.308 e. The lowest BCUT2D eigenvalue weighted by Gasteiger charge is -2.38. The predicted octanol–water partition coefficient (Wildman–Crippen LogP) is 6.46. The summed E-state index contributed by atoms with van der Waals surface area (Å²) in [5.74, 6) is 0.957. The number of carbonyl (C=O) groups excluding carboxylic acids is 1. The molecule has 3 rings (SSSR count). The number of halogens is 2. The van der Waals surface area contributed by atoms with Crippen LogP contribution in [0.2, 0.25) is 10.0 Å². The highest BCUT2D eigenvalue weighted by Crippen LogP contribution is 2.45. The van der Waals surface area contributed by atoms with Gasteiger partial charge in [-0.15, -0.1) is 0 Å². The van der Waals surface area contributed by atoms with E-state index in [1.165, 1.54) is 6.92 Å². The third-order valence-corrected chi connectivity index (χ3v) is 6.47. The summed E-state index contributed by atoms with van der Waals surface area (Å²) in [6, 6.07) is 3.14. The van der Waals surface area contributed by atoms with Crippen molar-refractivity contribution in [2.75, 3.05) is 5.32 Å². The molecule has 0 aliphatic carbocycles. The molecule has 1 atom stereocenters. The van der Waals surface area contributed by atoms with Crippen LogP contribution in [0.5, 0.6) is 17.2 Å². The van der Waals surface area contributed by atoms with Crippen molar-refractivity contribution in [3.8, 4) is 17.2 Å². The van der Waals surface area contributed by atoms with Gasteiger partial charge in [0, 0.05) is 24.6 Å². The van der Waals surface area contributed by atoms with E-state index in [0.717, 1.165) is 40.8 Å². The number of hydrogen-bond donors (Lipinski definition) is 2. The fraction of sp³-hybridized carbons (Fsp3) is 0.391. The molecule has 0 radical (unpaired) electrons. The summed E-state index contributed by atoms with van der Waals surface area (Å²) in [7, 11) is 0. The Morgan fingerprint density at radius 3 is 2.42 bits per heavy atom. The summed E-state index contributed by atoms with van der Waals surface area (Å²) in [5.41, 5.74) is 3.95. The molecule has 2 N–H and O–H groups in total. The molecule has 0 bridgehead atoms. The SMILES string of the molecule is CC(=O)Oc1c(C)c(C)c2c(c1C)CCC(C)(CC(=S)Nc1cc(Cl)c(O)c(Cl)c1)O2. The lowest BCUT2D eigenvalue weighted by atomic mass is 9.85. The number of phenols is 1. The number of esters is 1. The number of benzene rings is 2. The van der Waals surface area contributed by atoms with Gasteiger partial charge in [0.25, 0.3) is 0 Å². The zero-order valence-corrected chi connectivity index (χ0v) is 20.4. The largest absolute Gasteiger partial charge is 0.505 e. The Labute approximate surface area is 197 Å². The maximum atomic E-state index is 11.5. The summed E-state index contributed by atoms with van der Waals surface area (Å²) in [4.78, 5) is 12.1. The molecular formula is C23H25Cl2NO4S. The van der Waals surface area contributed by atoms with Crippen molar-refractivity contribution in [3.63, 3.8) is 0 Å². The molecule has 31 heavy (non-hydrogen) atoms. The van der Waals surface area contributed by atoms with Crippen LogP contribution in [0.15, 0.2) is 12.1 Å². The van der Waals surface area contributed by atoms with Gasteiger partial charge in [-0.25, -0.2) is 0 Å². The van der Waals surface area contributed by atoms with Crippen LogP contribution in [0.4, 0.5) is 5.69 Å². The van der Waals surface area contributed by atoms with E-state index in [0.29, 0.717) is 22.8 Å². The quantitative estimate of drug-likeness (QED) is 0.226. The number of phenolic OH excluding ortho intramolecular Hbond substituents is 1. The number of nitrogens with one attached hydrogen (secondary N) is 1. The van der Waals surface area contributed by atoms with Crippen LogP contribution in [-0.2, 0) is 11.2 Å². The predicted molar refractivity (Wildman–Crippen MR) is 128 cm³/mol. The van der Waals surface area contributed by atoms with E-state index < -0.39 is 5.60 Å². The van der Waals surface area contributed by atoms with Gasteiger partial charge < -0.3 is 19.9 Å². The second kappa shape index (κ2) is 8.85. The van der Waals surface area contributed by atoms with Gasteiger partial charge in [0.1, 0.15) is 17.1 Å². The van der Waals surface area contributed by atoms with E-state index in [1.54, 1.807) is 12.1 Å². The molecule has 166 valence electrons. The van der Waals surface area contributed by atoms with E-state index in [4.69, 9.17) is 44.9 Å². The molecule has 0 spiro atoms. The standard InChI is InChI=1S/C23H25Cl2NO4S/c1-11-12(2)22-16(13(3)21(11)29-14(4)27)6-7-23(5,30-22)10-19(31)26-15-8-17(24)20(28)18(25)9-15/h8-9,28H,6-7,10H2,1-5H3,(H,26,31). The van der Waals surface area contributed by atoms with Gasteiger partial charge in [0.2, 0.25) is 0 Å². The van der Waals surface area contributed by atoms with Gasteiger partial charge in [0.15, 0.2) is 5.75 Å². The molecule has 8 heteroatoms. The number of fused-ring (bicyclic) bond motifs is 1. The maximum absolute atomic E-state index is 11.5. The number of rotatable bonds is 4. The third-order valence-electron chi connectivity index (χ3n) is 5.64. The highest BCUT2D eigenvalue weighted by molar-refractivity contribution is 7.80. The molecule has 5 nitrogen and oxygen atoms in total. The Morgan fingerprint density at radius 1 is 1.23 bits per heavy atom. The first-order valence-electron chi connectivity index (χ1n) is 9.90. The van der Waals surface area contributed by atoms with E-state index in [2.05, 4.69) is 5.32 Å². The number of thiocarbonyl (C=S) groups is 1. The second-order valence-corrected chi connectivity index (χ2v) is 9.48. The average Bonchev–Trinajstić information content (AvgIpc) is 2.67. The van der Waals surface area contributed by atoms with Crippen LogP contribution in [0.1, 0.15) is 48.9 Å². The monoisotopic (exact) mass is 481 g/mol. The van der Waals surface area contributed by atoms with Gasteiger partial charge in [-0.3, -0.25) is 4.79 Å². The van der Waals surface area contributed by atoms with Gasteiger partial charge in [-0.05, 0) is 69.4 Å². The minimum Gasteiger partial charge on any atom is -0.505 e. The fourth-order valence-electron chi connectivity index (χ4n) is 3.89. The minimum atomic E-state index is -0.506. The van der Waals surface area contributed by atoms with Crippen LogP contribution in [0.3, 0.4) is 0 Å². The van der Waals surface area contributed by atoms with Crippen LogP contribution >= 0.6 is 35.4 Å².